The van der Waals surface area contributed by atoms with E-state index in [1.165, 1.54) is 16.9 Å². The second kappa shape index (κ2) is 6.93. The Hall–Kier alpha value is -2.53. The number of nitrogens with one attached hydrogen (secondary N) is 1. The van der Waals surface area contributed by atoms with Crippen LogP contribution in [0.2, 0.25) is 0 Å². The van der Waals surface area contributed by atoms with Crippen molar-refractivity contribution < 1.29 is 4.79 Å². The fourth-order valence-electron chi connectivity index (χ4n) is 2.62. The minimum Gasteiger partial charge on any atom is -0.345 e. The highest BCUT2D eigenvalue weighted by molar-refractivity contribution is 7.17. The highest BCUT2D eigenvalue weighted by Gasteiger charge is 2.19. The molecule has 1 unspecified atom stereocenters. The van der Waals surface area contributed by atoms with Gasteiger partial charge in [-0.05, 0) is 44.0 Å². The van der Waals surface area contributed by atoms with Gasteiger partial charge in [-0.1, -0.05) is 30.3 Å². The van der Waals surface area contributed by atoms with Crippen molar-refractivity contribution in [2.75, 3.05) is 0 Å². The first kappa shape index (κ1) is 16.3. The van der Waals surface area contributed by atoms with Crippen LogP contribution in [0.15, 0.2) is 48.7 Å². The predicted molar refractivity (Wildman–Crippen MR) is 97.1 cm³/mol. The molecule has 0 aliphatic carbocycles. The van der Waals surface area contributed by atoms with E-state index in [4.69, 9.17) is 0 Å². The van der Waals surface area contributed by atoms with Crippen molar-refractivity contribution in [3.63, 3.8) is 0 Å². The van der Waals surface area contributed by atoms with Crippen LogP contribution in [0.25, 0.3) is 10.7 Å². The van der Waals surface area contributed by atoms with Crippen molar-refractivity contribution >= 4 is 17.2 Å². The summed E-state index contributed by atoms with van der Waals surface area (Å²) in [6.45, 7) is 5.90. The van der Waals surface area contributed by atoms with Crippen molar-refractivity contribution in [1.82, 2.24) is 15.3 Å². The number of nitrogens with zero attached hydrogens (tertiary/aromatic N) is 2. The van der Waals surface area contributed by atoms with Crippen LogP contribution in [0.1, 0.15) is 39.5 Å². The number of rotatable bonds is 4. The van der Waals surface area contributed by atoms with Crippen LogP contribution in [0.5, 0.6) is 0 Å². The van der Waals surface area contributed by atoms with Gasteiger partial charge in [0, 0.05) is 6.20 Å². The summed E-state index contributed by atoms with van der Waals surface area (Å²) >= 11 is 1.38. The van der Waals surface area contributed by atoms with E-state index in [-0.39, 0.29) is 11.9 Å². The Morgan fingerprint density at radius 2 is 1.88 bits per heavy atom. The van der Waals surface area contributed by atoms with E-state index in [1.54, 1.807) is 6.20 Å². The lowest BCUT2D eigenvalue weighted by Crippen LogP contribution is -2.26. The van der Waals surface area contributed by atoms with Gasteiger partial charge >= 0.3 is 0 Å². The van der Waals surface area contributed by atoms with E-state index < -0.39 is 0 Å². The Morgan fingerprint density at radius 3 is 2.58 bits per heavy atom. The first-order valence-corrected chi connectivity index (χ1v) is 8.63. The average Bonchev–Trinajstić information content (AvgIpc) is 2.98. The monoisotopic (exact) mass is 337 g/mol. The Kier molecular flexibility index (Phi) is 4.71. The molecular weight excluding hydrogens is 318 g/mol. The molecule has 1 N–H and O–H groups in total. The lowest BCUT2D eigenvalue weighted by molar-refractivity contribution is 0.0943. The molecule has 5 heteroatoms. The number of pyridine rings is 1. The summed E-state index contributed by atoms with van der Waals surface area (Å²) in [5.41, 5.74) is 3.81. The summed E-state index contributed by atoms with van der Waals surface area (Å²) in [4.78, 5) is 22.1. The molecule has 122 valence electrons. The number of hydrogen-bond acceptors (Lipinski definition) is 4. The summed E-state index contributed by atoms with van der Waals surface area (Å²) in [6.07, 6.45) is 1.73. The molecule has 0 spiro atoms. The zero-order chi connectivity index (χ0) is 17.1. The van der Waals surface area contributed by atoms with Gasteiger partial charge in [0.25, 0.3) is 5.91 Å². The fourth-order valence-corrected chi connectivity index (χ4v) is 3.56. The van der Waals surface area contributed by atoms with Crippen LogP contribution in [-0.2, 0) is 0 Å². The molecule has 0 fully saturated rings. The molecule has 0 saturated carbocycles. The van der Waals surface area contributed by atoms with Crippen LogP contribution < -0.4 is 5.32 Å². The smallest absolute Gasteiger partial charge is 0.263 e. The highest BCUT2D eigenvalue weighted by atomic mass is 32.1. The number of aryl methyl sites for hydroxylation is 2. The summed E-state index contributed by atoms with van der Waals surface area (Å²) in [6, 6.07) is 13.7. The molecule has 24 heavy (non-hydrogen) atoms. The summed E-state index contributed by atoms with van der Waals surface area (Å²) < 4.78 is 0. The van der Waals surface area contributed by atoms with Gasteiger partial charge in [0.15, 0.2) is 0 Å². The average molecular weight is 337 g/mol. The molecule has 0 bridgehead atoms. The first-order valence-electron chi connectivity index (χ1n) is 7.81. The minimum atomic E-state index is -0.0945. The van der Waals surface area contributed by atoms with Gasteiger partial charge in [-0.2, -0.15) is 0 Å². The van der Waals surface area contributed by atoms with Crippen molar-refractivity contribution in [1.29, 1.82) is 0 Å². The van der Waals surface area contributed by atoms with Gasteiger partial charge in [0.05, 0.1) is 17.4 Å². The number of hydrogen-bond donors (Lipinski definition) is 1. The molecule has 0 aliphatic rings. The molecule has 0 saturated heterocycles. The van der Waals surface area contributed by atoms with E-state index >= 15 is 0 Å². The SMILES string of the molecule is Cc1ccccc1C(C)NC(=O)c1sc(-c2ccccn2)nc1C. The predicted octanol–water partition coefficient (Wildman–Crippen LogP) is 4.31. The van der Waals surface area contributed by atoms with E-state index in [1.807, 2.05) is 50.2 Å². The topological polar surface area (TPSA) is 54.9 Å². The number of carbonyl (C=O) groups excluding carboxylic acids is 1. The van der Waals surface area contributed by atoms with Gasteiger partial charge in [0.2, 0.25) is 0 Å². The molecule has 2 aromatic heterocycles. The lowest BCUT2D eigenvalue weighted by atomic mass is 10.0. The summed E-state index contributed by atoms with van der Waals surface area (Å²) in [7, 11) is 0. The largest absolute Gasteiger partial charge is 0.345 e. The molecule has 1 aromatic carbocycles. The van der Waals surface area contributed by atoms with E-state index in [0.717, 1.165) is 22.0 Å². The normalized spacial score (nSPS) is 12.0. The van der Waals surface area contributed by atoms with Crippen LogP contribution in [0.4, 0.5) is 0 Å². The zero-order valence-electron chi connectivity index (χ0n) is 13.9. The second-order valence-corrected chi connectivity index (χ2v) is 6.70. The first-order chi connectivity index (χ1) is 11.6. The molecule has 3 rings (SSSR count). The number of aromatic nitrogens is 2. The molecule has 1 amide bonds. The van der Waals surface area contributed by atoms with Gasteiger partial charge in [-0.15, -0.1) is 11.3 Å². The van der Waals surface area contributed by atoms with Gasteiger partial charge < -0.3 is 5.32 Å². The number of amides is 1. The lowest BCUT2D eigenvalue weighted by Gasteiger charge is -2.16. The second-order valence-electron chi connectivity index (χ2n) is 5.70. The van der Waals surface area contributed by atoms with Crippen molar-refractivity contribution in [2.24, 2.45) is 0 Å². The molecule has 4 nitrogen and oxygen atoms in total. The van der Waals surface area contributed by atoms with Crippen LogP contribution in [0.3, 0.4) is 0 Å². The third-order valence-corrected chi connectivity index (χ3v) is 5.07. The van der Waals surface area contributed by atoms with Gasteiger partial charge in [-0.25, -0.2) is 4.98 Å². The zero-order valence-corrected chi connectivity index (χ0v) is 14.7. The maximum Gasteiger partial charge on any atom is 0.263 e. The summed E-state index contributed by atoms with van der Waals surface area (Å²) in [5, 5.41) is 3.84. The van der Waals surface area contributed by atoms with Crippen molar-refractivity contribution in [2.45, 2.75) is 26.8 Å². The Bertz CT molecular complexity index is 858. The molecule has 2 heterocycles. The quantitative estimate of drug-likeness (QED) is 0.771. The number of benzene rings is 1. The molecule has 0 aliphatic heterocycles. The number of thiazole rings is 1. The Balaban J connectivity index is 1.81. The van der Waals surface area contributed by atoms with Gasteiger partial charge in [-0.3, -0.25) is 9.78 Å². The highest BCUT2D eigenvalue weighted by Crippen LogP contribution is 2.27. The van der Waals surface area contributed by atoms with E-state index in [2.05, 4.69) is 28.3 Å². The Labute approximate surface area is 145 Å². The van der Waals surface area contributed by atoms with Crippen molar-refractivity contribution in [3.05, 3.63) is 70.4 Å². The third-order valence-electron chi connectivity index (χ3n) is 3.89. The van der Waals surface area contributed by atoms with E-state index in [0.29, 0.717) is 4.88 Å². The molecule has 3 aromatic rings. The minimum absolute atomic E-state index is 0.0569. The maximum absolute atomic E-state index is 12.6. The van der Waals surface area contributed by atoms with E-state index in [9.17, 15) is 4.79 Å². The molecular formula is C19H19N3OS. The fraction of sp³-hybridized carbons (Fsp3) is 0.211. The van der Waals surface area contributed by atoms with Crippen molar-refractivity contribution in [3.8, 4) is 10.7 Å². The number of carbonyl (C=O) groups is 1. The van der Waals surface area contributed by atoms with Crippen LogP contribution in [0, 0.1) is 13.8 Å². The standard InChI is InChI=1S/C19H19N3OS/c1-12-8-4-5-9-15(12)13(2)21-18(23)17-14(3)22-19(24-17)16-10-6-7-11-20-16/h4-11,13H,1-3H3,(H,21,23). The van der Waals surface area contributed by atoms with Crippen LogP contribution >= 0.6 is 11.3 Å². The van der Waals surface area contributed by atoms with Gasteiger partial charge in [0.1, 0.15) is 9.88 Å². The Morgan fingerprint density at radius 1 is 1.12 bits per heavy atom. The maximum atomic E-state index is 12.6. The molecule has 1 atom stereocenters. The van der Waals surface area contributed by atoms with Crippen LogP contribution in [-0.4, -0.2) is 15.9 Å². The third kappa shape index (κ3) is 3.36. The summed E-state index contributed by atoms with van der Waals surface area (Å²) in [5.74, 6) is -0.0945. The molecule has 0 radical (unpaired) electrons.